The first kappa shape index (κ1) is 15.3. The van der Waals surface area contributed by atoms with Crippen LogP contribution in [-0.2, 0) is 13.6 Å². The highest BCUT2D eigenvalue weighted by atomic mass is 127. The van der Waals surface area contributed by atoms with Crippen LogP contribution in [-0.4, -0.2) is 28.8 Å². The molecule has 1 fully saturated rings. The van der Waals surface area contributed by atoms with Gasteiger partial charge in [0.05, 0.1) is 12.7 Å². The van der Waals surface area contributed by atoms with Crippen LogP contribution in [0.1, 0.15) is 25.3 Å². The number of rotatable bonds is 5. The van der Waals surface area contributed by atoms with E-state index in [1.807, 2.05) is 19.4 Å². The number of aromatic nitrogens is 2. The quantitative estimate of drug-likeness (QED) is 0.474. The molecule has 1 heterocycles. The summed E-state index contributed by atoms with van der Waals surface area (Å²) in [6, 6.07) is 0. The Kier molecular flexibility index (Phi) is 6.45. The van der Waals surface area contributed by atoms with Crippen molar-refractivity contribution in [1.82, 2.24) is 20.4 Å². The molecule has 0 aliphatic heterocycles. The molecule has 18 heavy (non-hydrogen) atoms. The molecule has 1 aliphatic carbocycles. The van der Waals surface area contributed by atoms with Crippen molar-refractivity contribution in [3.63, 3.8) is 0 Å². The summed E-state index contributed by atoms with van der Waals surface area (Å²) in [5, 5.41) is 10.8. The van der Waals surface area contributed by atoms with Gasteiger partial charge in [0, 0.05) is 31.9 Å². The topological polar surface area (TPSA) is 54.2 Å². The van der Waals surface area contributed by atoms with E-state index >= 15 is 0 Å². The SMILES string of the molecule is CCNC(=NCc1cnn(C)c1)NCC1CC1.I. The Morgan fingerprint density at radius 1 is 1.50 bits per heavy atom. The maximum absolute atomic E-state index is 4.54. The van der Waals surface area contributed by atoms with Crippen molar-refractivity contribution in [3.05, 3.63) is 18.0 Å². The van der Waals surface area contributed by atoms with Gasteiger partial charge in [0.25, 0.3) is 0 Å². The van der Waals surface area contributed by atoms with Gasteiger partial charge in [0.1, 0.15) is 0 Å². The summed E-state index contributed by atoms with van der Waals surface area (Å²) >= 11 is 0. The number of hydrogen-bond donors (Lipinski definition) is 2. The zero-order chi connectivity index (χ0) is 12.1. The molecule has 1 saturated carbocycles. The number of guanidine groups is 1. The molecule has 2 N–H and O–H groups in total. The predicted molar refractivity (Wildman–Crippen MR) is 84.2 cm³/mol. The van der Waals surface area contributed by atoms with Gasteiger partial charge < -0.3 is 10.6 Å². The van der Waals surface area contributed by atoms with Crippen molar-refractivity contribution in [2.45, 2.75) is 26.3 Å². The summed E-state index contributed by atoms with van der Waals surface area (Å²) < 4.78 is 1.80. The third kappa shape index (κ3) is 5.24. The van der Waals surface area contributed by atoms with Gasteiger partial charge in [0.15, 0.2) is 5.96 Å². The molecule has 1 aliphatic rings. The molecule has 0 aromatic carbocycles. The fraction of sp³-hybridized carbons (Fsp3) is 0.667. The minimum absolute atomic E-state index is 0. The molecule has 0 spiro atoms. The first-order chi connectivity index (χ1) is 8.28. The number of hydrogen-bond acceptors (Lipinski definition) is 2. The predicted octanol–water partition coefficient (Wildman–Crippen LogP) is 1.50. The Labute approximate surface area is 125 Å². The fourth-order valence-corrected chi connectivity index (χ4v) is 1.63. The molecule has 0 bridgehead atoms. The van der Waals surface area contributed by atoms with Crippen molar-refractivity contribution in [3.8, 4) is 0 Å². The lowest BCUT2D eigenvalue weighted by Gasteiger charge is -2.10. The van der Waals surface area contributed by atoms with Crippen LogP contribution in [0, 0.1) is 5.92 Å². The van der Waals surface area contributed by atoms with Gasteiger partial charge in [-0.2, -0.15) is 5.10 Å². The second-order valence-corrected chi connectivity index (χ2v) is 4.54. The number of nitrogens with zero attached hydrogens (tertiary/aromatic N) is 3. The smallest absolute Gasteiger partial charge is 0.191 e. The molecule has 0 radical (unpaired) electrons. The van der Waals surface area contributed by atoms with Crippen molar-refractivity contribution in [2.75, 3.05) is 13.1 Å². The fourth-order valence-electron chi connectivity index (χ4n) is 1.63. The monoisotopic (exact) mass is 363 g/mol. The summed E-state index contributed by atoms with van der Waals surface area (Å²) in [4.78, 5) is 4.54. The molecular formula is C12H22IN5. The van der Waals surface area contributed by atoms with Gasteiger partial charge in [-0.25, -0.2) is 4.99 Å². The van der Waals surface area contributed by atoms with Crippen LogP contribution in [0.2, 0.25) is 0 Å². The summed E-state index contributed by atoms with van der Waals surface area (Å²) in [6.45, 7) is 4.69. The molecule has 102 valence electrons. The summed E-state index contributed by atoms with van der Waals surface area (Å²) in [5.74, 6) is 1.76. The standard InChI is InChI=1S/C12H21N5.HI/c1-3-13-12(14-6-10-4-5-10)15-7-11-8-16-17(2)9-11;/h8-10H,3-7H2,1-2H3,(H2,13,14,15);1H. The molecule has 0 saturated heterocycles. The van der Waals surface area contributed by atoms with E-state index in [0.717, 1.165) is 30.5 Å². The molecular weight excluding hydrogens is 341 g/mol. The first-order valence-corrected chi connectivity index (χ1v) is 6.27. The van der Waals surface area contributed by atoms with Crippen molar-refractivity contribution in [1.29, 1.82) is 0 Å². The summed E-state index contributed by atoms with van der Waals surface area (Å²) in [7, 11) is 1.92. The van der Waals surface area contributed by atoms with E-state index in [1.165, 1.54) is 12.8 Å². The van der Waals surface area contributed by atoms with Gasteiger partial charge in [-0.15, -0.1) is 24.0 Å². The van der Waals surface area contributed by atoms with Gasteiger partial charge >= 0.3 is 0 Å². The third-order valence-electron chi connectivity index (χ3n) is 2.78. The van der Waals surface area contributed by atoms with Gasteiger partial charge in [-0.1, -0.05) is 0 Å². The van der Waals surface area contributed by atoms with E-state index in [9.17, 15) is 0 Å². The van der Waals surface area contributed by atoms with Crippen molar-refractivity contribution < 1.29 is 0 Å². The Bertz CT molecular complexity index is 384. The number of aryl methyl sites for hydroxylation is 1. The highest BCUT2D eigenvalue weighted by Gasteiger charge is 2.20. The average molecular weight is 363 g/mol. The van der Waals surface area contributed by atoms with Crippen LogP contribution in [0.5, 0.6) is 0 Å². The molecule has 0 amide bonds. The number of aliphatic imine (C=N–C) groups is 1. The Hall–Kier alpha value is -0.790. The van der Waals surface area contributed by atoms with E-state index in [1.54, 1.807) is 4.68 Å². The third-order valence-corrected chi connectivity index (χ3v) is 2.78. The molecule has 6 heteroatoms. The van der Waals surface area contributed by atoms with Crippen LogP contribution >= 0.6 is 24.0 Å². The van der Waals surface area contributed by atoms with E-state index in [4.69, 9.17) is 0 Å². The molecule has 5 nitrogen and oxygen atoms in total. The minimum atomic E-state index is 0. The van der Waals surface area contributed by atoms with Crippen LogP contribution in [0.15, 0.2) is 17.4 Å². The molecule has 1 aromatic rings. The van der Waals surface area contributed by atoms with E-state index in [-0.39, 0.29) is 24.0 Å². The molecule has 0 atom stereocenters. The number of halogens is 1. The van der Waals surface area contributed by atoms with E-state index < -0.39 is 0 Å². The lowest BCUT2D eigenvalue weighted by Crippen LogP contribution is -2.38. The second kappa shape index (κ2) is 7.60. The largest absolute Gasteiger partial charge is 0.357 e. The maximum Gasteiger partial charge on any atom is 0.191 e. The zero-order valence-electron chi connectivity index (χ0n) is 11.0. The Morgan fingerprint density at radius 2 is 2.28 bits per heavy atom. The van der Waals surface area contributed by atoms with E-state index in [2.05, 4.69) is 27.6 Å². The van der Waals surface area contributed by atoms with E-state index in [0.29, 0.717) is 6.54 Å². The average Bonchev–Trinajstić information content (AvgIpc) is 3.05. The van der Waals surface area contributed by atoms with Crippen LogP contribution in [0.25, 0.3) is 0 Å². The maximum atomic E-state index is 4.54. The normalized spacial score (nSPS) is 15.1. The van der Waals surface area contributed by atoms with Crippen LogP contribution in [0.3, 0.4) is 0 Å². The zero-order valence-corrected chi connectivity index (χ0v) is 13.3. The molecule has 2 rings (SSSR count). The van der Waals surface area contributed by atoms with Gasteiger partial charge in [-0.3, -0.25) is 4.68 Å². The highest BCUT2D eigenvalue weighted by Crippen LogP contribution is 2.27. The summed E-state index contributed by atoms with van der Waals surface area (Å²) in [5.41, 5.74) is 1.14. The Morgan fingerprint density at radius 3 is 2.83 bits per heavy atom. The second-order valence-electron chi connectivity index (χ2n) is 4.54. The highest BCUT2D eigenvalue weighted by molar-refractivity contribution is 14.0. The summed E-state index contributed by atoms with van der Waals surface area (Å²) in [6.07, 6.45) is 6.56. The number of nitrogens with one attached hydrogen (secondary N) is 2. The van der Waals surface area contributed by atoms with Crippen LogP contribution in [0.4, 0.5) is 0 Å². The lowest BCUT2D eigenvalue weighted by atomic mass is 10.4. The minimum Gasteiger partial charge on any atom is -0.357 e. The van der Waals surface area contributed by atoms with Crippen LogP contribution < -0.4 is 10.6 Å². The van der Waals surface area contributed by atoms with Crippen molar-refractivity contribution >= 4 is 29.9 Å². The van der Waals surface area contributed by atoms with Crippen molar-refractivity contribution in [2.24, 2.45) is 18.0 Å². The lowest BCUT2D eigenvalue weighted by molar-refractivity contribution is 0.739. The molecule has 0 unspecified atom stereocenters. The molecule has 1 aromatic heterocycles. The first-order valence-electron chi connectivity index (χ1n) is 6.27. The van der Waals surface area contributed by atoms with Gasteiger partial charge in [0.2, 0.25) is 0 Å². The Balaban J connectivity index is 0.00000162. The van der Waals surface area contributed by atoms with Gasteiger partial charge in [-0.05, 0) is 25.7 Å².